The number of nitriles is 1. The van der Waals surface area contributed by atoms with Crippen LogP contribution in [0.5, 0.6) is 5.75 Å². The Kier molecular flexibility index (Phi) is 8.78. The molecular formula is C27H29N3O5S. The molecule has 2 N–H and O–H groups in total. The van der Waals surface area contributed by atoms with Crippen LogP contribution in [0.4, 0.5) is 5.69 Å². The third kappa shape index (κ3) is 5.89. The van der Waals surface area contributed by atoms with E-state index in [2.05, 4.69) is 16.7 Å². The number of thioether (sulfide) groups is 1. The average Bonchev–Trinajstić information content (AvgIpc) is 2.84. The second-order valence-electron chi connectivity index (χ2n) is 8.43. The molecule has 0 aromatic heterocycles. The number of carbonyl (C=O) groups excluding carboxylic acids is 3. The van der Waals surface area contributed by atoms with Gasteiger partial charge in [0.2, 0.25) is 11.8 Å². The molecule has 0 aliphatic carbocycles. The minimum Gasteiger partial charge on any atom is -0.494 e. The van der Waals surface area contributed by atoms with Crippen molar-refractivity contribution >= 4 is 35.2 Å². The lowest BCUT2D eigenvalue weighted by Gasteiger charge is -2.31. The number of rotatable bonds is 8. The van der Waals surface area contributed by atoms with Crippen LogP contribution in [0.1, 0.15) is 35.1 Å². The van der Waals surface area contributed by atoms with Gasteiger partial charge in [-0.25, -0.2) is 0 Å². The van der Waals surface area contributed by atoms with Gasteiger partial charge < -0.3 is 20.1 Å². The molecule has 2 aromatic rings. The van der Waals surface area contributed by atoms with Crippen LogP contribution in [-0.4, -0.2) is 37.3 Å². The molecule has 1 aliphatic rings. The normalized spacial score (nSPS) is 17.2. The zero-order chi connectivity index (χ0) is 26.4. The van der Waals surface area contributed by atoms with Crippen molar-refractivity contribution < 1.29 is 23.9 Å². The highest BCUT2D eigenvalue weighted by Crippen LogP contribution is 2.40. The fourth-order valence-electron chi connectivity index (χ4n) is 4.31. The molecule has 36 heavy (non-hydrogen) atoms. The molecule has 8 nitrogen and oxygen atoms in total. The highest BCUT2D eigenvalue weighted by Gasteiger charge is 2.44. The predicted octanol–water partition coefficient (Wildman–Crippen LogP) is 4.12. The number of hydrogen-bond donors (Lipinski definition) is 2. The molecule has 0 bridgehead atoms. The van der Waals surface area contributed by atoms with Gasteiger partial charge in [0.15, 0.2) is 0 Å². The maximum absolute atomic E-state index is 13.0. The highest BCUT2D eigenvalue weighted by molar-refractivity contribution is 8.03. The quantitative estimate of drug-likeness (QED) is 0.408. The van der Waals surface area contributed by atoms with E-state index in [1.165, 1.54) is 7.11 Å². The molecule has 2 amide bonds. The van der Waals surface area contributed by atoms with Crippen LogP contribution in [0.2, 0.25) is 0 Å². The van der Waals surface area contributed by atoms with Gasteiger partial charge in [0.05, 0.1) is 36.1 Å². The maximum Gasteiger partial charge on any atom is 0.319 e. The highest BCUT2D eigenvalue weighted by atomic mass is 32.2. The molecule has 0 saturated carbocycles. The molecule has 2 aromatic carbocycles. The fourth-order valence-corrected chi connectivity index (χ4v) is 5.16. The zero-order valence-corrected chi connectivity index (χ0v) is 21.7. The van der Waals surface area contributed by atoms with Crippen molar-refractivity contribution in [2.24, 2.45) is 5.92 Å². The van der Waals surface area contributed by atoms with Crippen LogP contribution in [0.15, 0.2) is 47.0 Å². The second kappa shape index (κ2) is 11.8. The van der Waals surface area contributed by atoms with Crippen LogP contribution in [0.3, 0.4) is 0 Å². The van der Waals surface area contributed by atoms with Crippen LogP contribution in [0.25, 0.3) is 0 Å². The molecule has 0 spiro atoms. The van der Waals surface area contributed by atoms with Crippen LogP contribution >= 0.6 is 11.8 Å². The maximum atomic E-state index is 13.0. The first-order chi connectivity index (χ1) is 17.2. The Morgan fingerprint density at radius 3 is 2.33 bits per heavy atom. The van der Waals surface area contributed by atoms with E-state index in [0.29, 0.717) is 17.9 Å². The molecule has 0 fully saturated rings. The molecular weight excluding hydrogens is 478 g/mol. The summed E-state index contributed by atoms with van der Waals surface area (Å²) in [5, 5.41) is 15.8. The number of carbonyl (C=O) groups is 3. The number of esters is 1. The monoisotopic (exact) mass is 507 g/mol. The summed E-state index contributed by atoms with van der Waals surface area (Å²) in [5.41, 5.74) is 4.52. The number of methoxy groups -OCH3 is 1. The van der Waals surface area contributed by atoms with E-state index in [0.717, 1.165) is 34.1 Å². The molecule has 9 heteroatoms. The van der Waals surface area contributed by atoms with Gasteiger partial charge in [-0.05, 0) is 56.5 Å². The first-order valence-electron chi connectivity index (χ1n) is 11.5. The van der Waals surface area contributed by atoms with E-state index in [-0.39, 0.29) is 22.3 Å². The molecule has 2 atom stereocenters. The smallest absolute Gasteiger partial charge is 0.319 e. The first-order valence-corrected chi connectivity index (χ1v) is 12.4. The van der Waals surface area contributed by atoms with E-state index in [4.69, 9.17) is 9.47 Å². The molecule has 0 saturated heterocycles. The molecule has 188 valence electrons. The topological polar surface area (TPSA) is 118 Å². The molecule has 0 unspecified atom stereocenters. The lowest BCUT2D eigenvalue weighted by atomic mass is 9.78. The summed E-state index contributed by atoms with van der Waals surface area (Å²) in [4.78, 5) is 38.3. The number of hydrogen-bond acceptors (Lipinski definition) is 7. The lowest BCUT2D eigenvalue weighted by molar-refractivity contribution is -0.150. The third-order valence-electron chi connectivity index (χ3n) is 5.82. The summed E-state index contributed by atoms with van der Waals surface area (Å²) in [6.07, 6.45) is 0. The van der Waals surface area contributed by atoms with Crippen molar-refractivity contribution in [1.82, 2.24) is 5.32 Å². The number of amides is 2. The van der Waals surface area contributed by atoms with E-state index in [9.17, 15) is 19.6 Å². The SMILES string of the molecule is CCOc1ccc([C@H]2C(C#N)=C(SCC(=O)Nc3c(C)cc(C)cc3C)NC(=O)[C@@H]2C(=O)OC)cc1. The Balaban J connectivity index is 1.90. The zero-order valence-electron chi connectivity index (χ0n) is 20.9. The van der Waals surface area contributed by atoms with Crippen molar-refractivity contribution in [2.75, 3.05) is 24.8 Å². The van der Waals surface area contributed by atoms with Gasteiger partial charge in [-0.15, -0.1) is 0 Å². The standard InChI is InChI=1S/C27H29N3O5S/c1-6-35-19-9-7-18(8-10-19)22-20(13-28)26(30-25(32)23(22)27(33)34-5)36-14-21(31)29-24-16(3)11-15(2)12-17(24)4/h7-12,22-23H,6,14H2,1-5H3,(H,29,31)(H,30,32)/t22-,23+/m0/s1. The molecule has 0 radical (unpaired) electrons. The summed E-state index contributed by atoms with van der Waals surface area (Å²) in [7, 11) is 1.20. The lowest BCUT2D eigenvalue weighted by Crippen LogP contribution is -2.44. The number of ether oxygens (including phenoxy) is 2. The summed E-state index contributed by atoms with van der Waals surface area (Å²) >= 11 is 1.04. The number of anilines is 1. The summed E-state index contributed by atoms with van der Waals surface area (Å²) < 4.78 is 10.3. The summed E-state index contributed by atoms with van der Waals surface area (Å²) in [6, 6.07) is 13.0. The number of nitrogens with one attached hydrogen (secondary N) is 2. The van der Waals surface area contributed by atoms with E-state index < -0.39 is 23.7 Å². The van der Waals surface area contributed by atoms with Gasteiger partial charge in [0.25, 0.3) is 0 Å². The fraction of sp³-hybridized carbons (Fsp3) is 0.333. The number of benzene rings is 2. The molecule has 1 heterocycles. The first kappa shape index (κ1) is 26.8. The Hall–Kier alpha value is -3.77. The minimum atomic E-state index is -1.24. The van der Waals surface area contributed by atoms with Crippen molar-refractivity contribution in [1.29, 1.82) is 5.26 Å². The molecule has 3 rings (SSSR count). The van der Waals surface area contributed by atoms with Gasteiger partial charge >= 0.3 is 5.97 Å². The minimum absolute atomic E-state index is 0.0353. The van der Waals surface area contributed by atoms with Gasteiger partial charge in [-0.2, -0.15) is 5.26 Å². The summed E-state index contributed by atoms with van der Waals surface area (Å²) in [6.45, 7) is 8.20. The van der Waals surface area contributed by atoms with Gasteiger partial charge in [-0.1, -0.05) is 41.6 Å². The Morgan fingerprint density at radius 2 is 1.78 bits per heavy atom. The Labute approximate surface area is 215 Å². The van der Waals surface area contributed by atoms with Crippen LogP contribution < -0.4 is 15.4 Å². The van der Waals surface area contributed by atoms with Crippen LogP contribution in [0, 0.1) is 38.0 Å². The Bertz CT molecular complexity index is 1220. The summed E-state index contributed by atoms with van der Waals surface area (Å²) in [5.74, 6) is -3.11. The molecule has 1 aliphatic heterocycles. The Morgan fingerprint density at radius 1 is 1.14 bits per heavy atom. The van der Waals surface area contributed by atoms with Crippen molar-refractivity contribution in [3.05, 3.63) is 69.3 Å². The largest absolute Gasteiger partial charge is 0.494 e. The number of allylic oxidation sites excluding steroid dienone is 1. The van der Waals surface area contributed by atoms with Crippen molar-refractivity contribution in [2.45, 2.75) is 33.6 Å². The average molecular weight is 508 g/mol. The van der Waals surface area contributed by atoms with Gasteiger partial charge in [0.1, 0.15) is 11.7 Å². The van der Waals surface area contributed by atoms with Crippen molar-refractivity contribution in [3.8, 4) is 11.8 Å². The predicted molar refractivity (Wildman–Crippen MR) is 138 cm³/mol. The van der Waals surface area contributed by atoms with Crippen LogP contribution in [-0.2, 0) is 19.1 Å². The second-order valence-corrected chi connectivity index (χ2v) is 9.42. The number of aryl methyl sites for hydroxylation is 3. The van der Waals surface area contributed by atoms with E-state index in [1.807, 2.05) is 39.8 Å². The van der Waals surface area contributed by atoms with Gasteiger partial charge in [-0.3, -0.25) is 14.4 Å². The third-order valence-corrected chi connectivity index (χ3v) is 6.84. The van der Waals surface area contributed by atoms with Gasteiger partial charge in [0, 0.05) is 11.6 Å². The van der Waals surface area contributed by atoms with E-state index in [1.54, 1.807) is 24.3 Å². The van der Waals surface area contributed by atoms with E-state index >= 15 is 0 Å². The number of nitrogens with zero attached hydrogens (tertiary/aromatic N) is 1. The van der Waals surface area contributed by atoms with Crippen molar-refractivity contribution in [3.63, 3.8) is 0 Å².